The van der Waals surface area contributed by atoms with Crippen LogP contribution in [0.1, 0.15) is 6.92 Å². The van der Waals surface area contributed by atoms with Gasteiger partial charge in [-0.15, -0.1) is 0 Å². The second-order valence-corrected chi connectivity index (χ2v) is 4.00. The molecule has 3 nitrogen and oxygen atoms in total. The second kappa shape index (κ2) is 5.81. The first-order valence-corrected chi connectivity index (χ1v) is 5.52. The fourth-order valence-electron chi connectivity index (χ4n) is 1.06. The molecular weight excluding hydrogens is 255 g/mol. The molecule has 0 radical (unpaired) electrons. The van der Waals surface area contributed by atoms with Crippen LogP contribution in [0.3, 0.4) is 0 Å². The maximum Gasteiger partial charge on any atom is 0.446 e. The molecule has 1 N–H and O–H groups in total. The van der Waals surface area contributed by atoms with E-state index in [1.54, 1.807) is 6.92 Å². The van der Waals surface area contributed by atoms with Gasteiger partial charge >= 0.3 is 11.6 Å². The number of carbonyl (C=O) groups excluding carboxylic acids is 1. The molecule has 0 saturated heterocycles. The quantitative estimate of drug-likeness (QED) is 0.843. The molecule has 0 heterocycles. The number of hydrogen-bond donors (Lipinski definition) is 1. The van der Waals surface area contributed by atoms with Gasteiger partial charge in [-0.3, -0.25) is 5.32 Å². The summed E-state index contributed by atoms with van der Waals surface area (Å²) in [5.74, 6) is 0. The summed E-state index contributed by atoms with van der Waals surface area (Å²) in [5, 5.41) is 2.25. The molecule has 7 heteroatoms. The van der Waals surface area contributed by atoms with Crippen molar-refractivity contribution in [1.82, 2.24) is 0 Å². The Balaban J connectivity index is 2.81. The predicted molar refractivity (Wildman–Crippen MR) is 59.0 cm³/mol. The second-order valence-electron chi connectivity index (χ2n) is 2.89. The molecule has 0 aliphatic carbocycles. The van der Waals surface area contributed by atoms with Crippen molar-refractivity contribution in [3.63, 3.8) is 0 Å². The highest BCUT2D eigenvalue weighted by Gasteiger charge is 2.30. The fourth-order valence-corrected chi connectivity index (χ4v) is 1.69. The summed E-state index contributed by atoms with van der Waals surface area (Å²) in [4.78, 5) is 11.0. The Kier molecular flexibility index (Phi) is 4.68. The molecule has 94 valence electrons. The van der Waals surface area contributed by atoms with Gasteiger partial charge in [-0.1, -0.05) is 12.1 Å². The summed E-state index contributed by atoms with van der Waals surface area (Å²) in [6.07, 6.45) is -0.775. The molecule has 0 bridgehead atoms. The van der Waals surface area contributed by atoms with E-state index in [0.29, 0.717) is 0 Å². The van der Waals surface area contributed by atoms with E-state index in [9.17, 15) is 18.0 Å². The third kappa shape index (κ3) is 4.99. The first kappa shape index (κ1) is 13.7. The van der Waals surface area contributed by atoms with Crippen molar-refractivity contribution in [2.45, 2.75) is 17.3 Å². The van der Waals surface area contributed by atoms with Crippen molar-refractivity contribution in [2.75, 3.05) is 11.9 Å². The Labute approximate surface area is 100 Å². The minimum Gasteiger partial charge on any atom is -0.450 e. The zero-order valence-corrected chi connectivity index (χ0v) is 9.69. The van der Waals surface area contributed by atoms with Crippen LogP contribution in [0.4, 0.5) is 23.7 Å². The standard InChI is InChI=1S/C10H10F3NO2S/c1-2-16-9(15)14-7-5-3-4-6-8(7)17-10(11,12)13/h3-6H,2H2,1H3,(H,14,15). The van der Waals surface area contributed by atoms with E-state index >= 15 is 0 Å². The molecule has 0 spiro atoms. The molecule has 0 fully saturated rings. The van der Waals surface area contributed by atoms with Crippen molar-refractivity contribution >= 4 is 23.5 Å². The van der Waals surface area contributed by atoms with E-state index in [1.165, 1.54) is 24.3 Å². The summed E-state index contributed by atoms with van der Waals surface area (Å²) < 4.78 is 41.3. The number of halogens is 3. The zero-order valence-electron chi connectivity index (χ0n) is 8.88. The van der Waals surface area contributed by atoms with Gasteiger partial charge in [0.1, 0.15) is 0 Å². The zero-order chi connectivity index (χ0) is 12.9. The highest BCUT2D eigenvalue weighted by atomic mass is 32.2. The number of nitrogens with one attached hydrogen (secondary N) is 1. The molecular formula is C10H10F3NO2S. The topological polar surface area (TPSA) is 38.3 Å². The molecule has 0 unspecified atom stereocenters. The summed E-state index contributed by atoms with van der Waals surface area (Å²) in [6.45, 7) is 1.76. The van der Waals surface area contributed by atoms with Crippen LogP contribution >= 0.6 is 11.8 Å². The molecule has 1 aromatic carbocycles. The van der Waals surface area contributed by atoms with Crippen molar-refractivity contribution in [3.8, 4) is 0 Å². The van der Waals surface area contributed by atoms with Crippen molar-refractivity contribution in [3.05, 3.63) is 24.3 Å². The van der Waals surface area contributed by atoms with Crippen molar-refractivity contribution in [2.24, 2.45) is 0 Å². The number of para-hydroxylation sites is 1. The van der Waals surface area contributed by atoms with E-state index in [0.717, 1.165) is 0 Å². The number of hydrogen-bond acceptors (Lipinski definition) is 3. The molecule has 0 aliphatic rings. The molecule has 1 amide bonds. The number of rotatable bonds is 3. The highest BCUT2D eigenvalue weighted by molar-refractivity contribution is 8.00. The lowest BCUT2D eigenvalue weighted by atomic mass is 10.3. The van der Waals surface area contributed by atoms with E-state index in [4.69, 9.17) is 0 Å². The summed E-state index contributed by atoms with van der Waals surface area (Å²) in [6, 6.07) is 5.65. The average Bonchev–Trinajstić information content (AvgIpc) is 2.19. The molecule has 0 aromatic heterocycles. The fraction of sp³-hybridized carbons (Fsp3) is 0.300. The van der Waals surface area contributed by atoms with Gasteiger partial charge < -0.3 is 4.74 Å². The number of benzene rings is 1. The third-order valence-corrected chi connectivity index (χ3v) is 2.43. The molecule has 17 heavy (non-hydrogen) atoms. The van der Waals surface area contributed by atoms with Crippen LogP contribution < -0.4 is 5.32 Å². The van der Waals surface area contributed by atoms with Crippen LogP contribution in [0.2, 0.25) is 0 Å². The van der Waals surface area contributed by atoms with Crippen LogP contribution in [0, 0.1) is 0 Å². The van der Waals surface area contributed by atoms with Crippen LogP contribution in [-0.4, -0.2) is 18.2 Å². The van der Waals surface area contributed by atoms with Crippen LogP contribution in [-0.2, 0) is 4.74 Å². The first-order valence-electron chi connectivity index (χ1n) is 4.71. The summed E-state index contributed by atoms with van der Waals surface area (Å²) in [5.41, 5.74) is -4.32. The number of ether oxygens (including phenoxy) is 1. The van der Waals surface area contributed by atoms with E-state index in [2.05, 4.69) is 10.1 Å². The van der Waals surface area contributed by atoms with Gasteiger partial charge in [0.2, 0.25) is 0 Å². The van der Waals surface area contributed by atoms with Crippen LogP contribution in [0.25, 0.3) is 0 Å². The number of anilines is 1. The lowest BCUT2D eigenvalue weighted by molar-refractivity contribution is -0.0328. The Hall–Kier alpha value is -1.37. The normalized spacial score (nSPS) is 11.1. The summed E-state index contributed by atoms with van der Waals surface area (Å²) >= 11 is -0.283. The van der Waals surface area contributed by atoms with Gasteiger partial charge in [0.05, 0.1) is 12.3 Å². The smallest absolute Gasteiger partial charge is 0.446 e. The minimum atomic E-state index is -4.40. The molecule has 0 saturated carbocycles. The van der Waals surface area contributed by atoms with Gasteiger partial charge in [0, 0.05) is 4.90 Å². The largest absolute Gasteiger partial charge is 0.450 e. The SMILES string of the molecule is CCOC(=O)Nc1ccccc1SC(F)(F)F. The number of thioether (sulfide) groups is 1. The van der Waals surface area contributed by atoms with Crippen molar-refractivity contribution in [1.29, 1.82) is 0 Å². The van der Waals surface area contributed by atoms with Gasteiger partial charge in [-0.2, -0.15) is 13.2 Å². The number of amides is 1. The Morgan fingerprint density at radius 3 is 2.65 bits per heavy atom. The molecule has 1 aromatic rings. The lowest BCUT2D eigenvalue weighted by Crippen LogP contribution is -2.14. The Bertz CT molecular complexity index is 395. The lowest BCUT2D eigenvalue weighted by Gasteiger charge is -2.11. The van der Waals surface area contributed by atoms with Gasteiger partial charge in [0.15, 0.2) is 0 Å². The minimum absolute atomic E-state index is 0.0759. The van der Waals surface area contributed by atoms with Gasteiger partial charge in [-0.05, 0) is 30.8 Å². The van der Waals surface area contributed by atoms with E-state index in [1.807, 2.05) is 0 Å². The van der Waals surface area contributed by atoms with Crippen LogP contribution in [0.15, 0.2) is 29.2 Å². The maximum absolute atomic E-state index is 12.2. The van der Waals surface area contributed by atoms with E-state index < -0.39 is 11.6 Å². The van der Waals surface area contributed by atoms with Crippen LogP contribution in [0.5, 0.6) is 0 Å². The average molecular weight is 265 g/mol. The number of carbonyl (C=O) groups is 1. The first-order chi connectivity index (χ1) is 7.92. The number of alkyl halides is 3. The molecule has 0 atom stereocenters. The predicted octanol–water partition coefficient (Wildman–Crippen LogP) is 3.87. The van der Waals surface area contributed by atoms with E-state index in [-0.39, 0.29) is 29.0 Å². The van der Waals surface area contributed by atoms with Gasteiger partial charge in [0.25, 0.3) is 0 Å². The third-order valence-electron chi connectivity index (χ3n) is 1.62. The Morgan fingerprint density at radius 2 is 2.06 bits per heavy atom. The maximum atomic E-state index is 12.2. The summed E-state index contributed by atoms with van der Waals surface area (Å²) in [7, 11) is 0. The van der Waals surface area contributed by atoms with Gasteiger partial charge in [-0.25, -0.2) is 4.79 Å². The monoisotopic (exact) mass is 265 g/mol. The molecule has 0 aliphatic heterocycles. The van der Waals surface area contributed by atoms with Crippen molar-refractivity contribution < 1.29 is 22.7 Å². The Morgan fingerprint density at radius 1 is 1.41 bits per heavy atom. The molecule has 1 rings (SSSR count). The highest BCUT2D eigenvalue weighted by Crippen LogP contribution is 2.40.